The van der Waals surface area contributed by atoms with Gasteiger partial charge in [0.15, 0.2) is 5.69 Å². The second kappa shape index (κ2) is 5.62. The highest BCUT2D eigenvalue weighted by molar-refractivity contribution is 6.33. The van der Waals surface area contributed by atoms with Crippen molar-refractivity contribution in [1.82, 2.24) is 15.0 Å². The van der Waals surface area contributed by atoms with Gasteiger partial charge in [0, 0.05) is 6.20 Å². The molecule has 0 aliphatic rings. The number of carboxylic acid groups (broad SMARTS) is 1. The molecule has 0 unspecified atom stereocenters. The Morgan fingerprint density at radius 1 is 1.37 bits per heavy atom. The maximum atomic E-state index is 10.9. The van der Waals surface area contributed by atoms with Crippen LogP contribution in [0.5, 0.6) is 0 Å². The number of hydrogen-bond donors (Lipinski definition) is 2. The van der Waals surface area contributed by atoms with E-state index in [1.165, 1.54) is 6.07 Å². The van der Waals surface area contributed by atoms with Gasteiger partial charge in [0.05, 0.1) is 17.3 Å². The highest BCUT2D eigenvalue weighted by Gasteiger charge is 2.11. The molecular weight excluding hydrogens is 268 g/mol. The highest BCUT2D eigenvalue weighted by Crippen LogP contribution is 2.16. The number of nitrogens with one attached hydrogen (secondary N) is 1. The summed E-state index contributed by atoms with van der Waals surface area (Å²) in [6.45, 7) is 2.23. The van der Waals surface area contributed by atoms with Gasteiger partial charge in [0.1, 0.15) is 11.6 Å². The average Bonchev–Trinajstić information content (AvgIpc) is 2.37. The van der Waals surface area contributed by atoms with E-state index >= 15 is 0 Å². The van der Waals surface area contributed by atoms with Crippen molar-refractivity contribution in [1.29, 1.82) is 0 Å². The first-order valence-electron chi connectivity index (χ1n) is 5.48. The van der Waals surface area contributed by atoms with Crippen molar-refractivity contribution >= 4 is 23.4 Å². The standard InChI is InChI=1S/C12H11ClN4O2/c1-7-14-5-4-8(16-7)6-15-10-3-2-9(13)11(17-10)12(18)19/h2-5H,6H2,1H3,(H,15,17)(H,18,19). The highest BCUT2D eigenvalue weighted by atomic mass is 35.5. The van der Waals surface area contributed by atoms with Crippen molar-refractivity contribution in [2.75, 3.05) is 5.32 Å². The van der Waals surface area contributed by atoms with Gasteiger partial charge < -0.3 is 10.4 Å². The molecule has 2 heterocycles. The van der Waals surface area contributed by atoms with E-state index in [2.05, 4.69) is 20.3 Å². The van der Waals surface area contributed by atoms with Gasteiger partial charge >= 0.3 is 5.97 Å². The number of nitrogens with zero attached hydrogens (tertiary/aromatic N) is 3. The minimum atomic E-state index is -1.16. The third-order valence-electron chi connectivity index (χ3n) is 2.33. The number of aromatic carboxylic acids is 1. The van der Waals surface area contributed by atoms with Gasteiger partial charge in [-0.05, 0) is 25.1 Å². The summed E-state index contributed by atoms with van der Waals surface area (Å²) in [5, 5.41) is 12.0. The number of rotatable bonds is 4. The van der Waals surface area contributed by atoms with E-state index < -0.39 is 5.97 Å². The molecule has 19 heavy (non-hydrogen) atoms. The first kappa shape index (κ1) is 13.2. The molecule has 0 spiro atoms. The molecule has 0 radical (unpaired) electrons. The Morgan fingerprint density at radius 3 is 2.84 bits per heavy atom. The third-order valence-corrected chi connectivity index (χ3v) is 2.64. The number of halogens is 1. The molecule has 0 aliphatic heterocycles. The largest absolute Gasteiger partial charge is 0.476 e. The smallest absolute Gasteiger partial charge is 0.356 e. The van der Waals surface area contributed by atoms with Crippen LogP contribution in [0.4, 0.5) is 5.82 Å². The summed E-state index contributed by atoms with van der Waals surface area (Å²) in [4.78, 5) is 23.0. The molecule has 0 aromatic carbocycles. The van der Waals surface area contributed by atoms with Crippen molar-refractivity contribution in [3.05, 3.63) is 46.6 Å². The van der Waals surface area contributed by atoms with E-state index in [-0.39, 0.29) is 10.7 Å². The van der Waals surface area contributed by atoms with E-state index in [9.17, 15) is 4.79 Å². The summed E-state index contributed by atoms with van der Waals surface area (Å²) in [6.07, 6.45) is 1.66. The van der Waals surface area contributed by atoms with Crippen molar-refractivity contribution in [2.45, 2.75) is 13.5 Å². The molecule has 2 rings (SSSR count). The van der Waals surface area contributed by atoms with E-state index in [4.69, 9.17) is 16.7 Å². The Morgan fingerprint density at radius 2 is 2.16 bits per heavy atom. The second-order valence-electron chi connectivity index (χ2n) is 3.78. The Labute approximate surface area is 114 Å². The molecule has 2 aromatic heterocycles. The van der Waals surface area contributed by atoms with Crippen molar-refractivity contribution in [3.8, 4) is 0 Å². The molecule has 6 nitrogen and oxygen atoms in total. The molecule has 0 amide bonds. The molecule has 98 valence electrons. The summed E-state index contributed by atoms with van der Waals surface area (Å²) in [5.74, 6) is -0.0563. The average molecular weight is 279 g/mol. The molecule has 0 atom stereocenters. The fourth-order valence-corrected chi connectivity index (χ4v) is 1.66. The Kier molecular flexibility index (Phi) is 3.91. The summed E-state index contributed by atoms with van der Waals surface area (Å²) in [7, 11) is 0. The normalized spacial score (nSPS) is 10.2. The van der Waals surface area contributed by atoms with Gasteiger partial charge in [-0.2, -0.15) is 0 Å². The quantitative estimate of drug-likeness (QED) is 0.891. The summed E-state index contributed by atoms with van der Waals surface area (Å²) in [5.41, 5.74) is 0.617. The van der Waals surface area contributed by atoms with Crippen LogP contribution in [0.25, 0.3) is 0 Å². The summed E-state index contributed by atoms with van der Waals surface area (Å²) in [6, 6.07) is 4.88. The number of hydrogen-bond acceptors (Lipinski definition) is 5. The number of anilines is 1. The fourth-order valence-electron chi connectivity index (χ4n) is 1.48. The van der Waals surface area contributed by atoms with Gasteiger partial charge in [-0.15, -0.1) is 0 Å². The molecular formula is C12H11ClN4O2. The van der Waals surface area contributed by atoms with Crippen LogP contribution >= 0.6 is 11.6 Å². The van der Waals surface area contributed by atoms with Crippen LogP contribution in [-0.4, -0.2) is 26.0 Å². The Bertz CT molecular complexity index is 618. The molecule has 2 aromatic rings. The van der Waals surface area contributed by atoms with E-state index in [0.29, 0.717) is 18.2 Å². The number of pyridine rings is 1. The van der Waals surface area contributed by atoms with Gasteiger partial charge in [-0.25, -0.2) is 19.7 Å². The molecule has 0 saturated heterocycles. The number of aromatic nitrogens is 3. The minimum absolute atomic E-state index is 0.107. The molecule has 0 fully saturated rings. The monoisotopic (exact) mass is 278 g/mol. The van der Waals surface area contributed by atoms with E-state index in [0.717, 1.165) is 5.69 Å². The third kappa shape index (κ3) is 3.38. The lowest BCUT2D eigenvalue weighted by Crippen LogP contribution is -2.08. The fraction of sp³-hybridized carbons (Fsp3) is 0.167. The maximum absolute atomic E-state index is 10.9. The predicted molar refractivity (Wildman–Crippen MR) is 70.3 cm³/mol. The predicted octanol–water partition coefficient (Wildman–Crippen LogP) is 2.14. The number of carboxylic acids is 1. The van der Waals surface area contributed by atoms with E-state index in [1.807, 2.05) is 0 Å². The zero-order valence-corrected chi connectivity index (χ0v) is 10.8. The van der Waals surface area contributed by atoms with Crippen LogP contribution in [0.2, 0.25) is 5.02 Å². The SMILES string of the molecule is Cc1nccc(CNc2ccc(Cl)c(C(=O)O)n2)n1. The van der Waals surface area contributed by atoms with Crippen LogP contribution in [0, 0.1) is 6.92 Å². The van der Waals surface area contributed by atoms with Gasteiger partial charge in [0.25, 0.3) is 0 Å². The first-order chi connectivity index (χ1) is 9.06. The van der Waals surface area contributed by atoms with Crippen LogP contribution in [-0.2, 0) is 6.54 Å². The Balaban J connectivity index is 2.12. The number of aryl methyl sites for hydroxylation is 1. The lowest BCUT2D eigenvalue weighted by atomic mass is 10.3. The van der Waals surface area contributed by atoms with Gasteiger partial charge in [-0.3, -0.25) is 0 Å². The molecule has 7 heteroatoms. The topological polar surface area (TPSA) is 88.0 Å². The molecule has 0 aliphatic carbocycles. The number of carbonyl (C=O) groups is 1. The lowest BCUT2D eigenvalue weighted by molar-refractivity contribution is 0.0691. The zero-order valence-electron chi connectivity index (χ0n) is 10.1. The lowest BCUT2D eigenvalue weighted by Gasteiger charge is -2.07. The van der Waals surface area contributed by atoms with Crippen LogP contribution in [0.3, 0.4) is 0 Å². The van der Waals surface area contributed by atoms with Crippen LogP contribution in [0.1, 0.15) is 22.0 Å². The molecule has 0 bridgehead atoms. The van der Waals surface area contributed by atoms with Gasteiger partial charge in [-0.1, -0.05) is 11.6 Å². The van der Waals surface area contributed by atoms with Crippen molar-refractivity contribution in [2.24, 2.45) is 0 Å². The molecule has 0 saturated carbocycles. The summed E-state index contributed by atoms with van der Waals surface area (Å²) < 4.78 is 0. The maximum Gasteiger partial charge on any atom is 0.356 e. The zero-order chi connectivity index (χ0) is 13.8. The van der Waals surface area contributed by atoms with Gasteiger partial charge in [0.2, 0.25) is 0 Å². The van der Waals surface area contributed by atoms with E-state index in [1.54, 1.807) is 25.3 Å². The first-order valence-corrected chi connectivity index (χ1v) is 5.86. The second-order valence-corrected chi connectivity index (χ2v) is 4.19. The van der Waals surface area contributed by atoms with Crippen molar-refractivity contribution in [3.63, 3.8) is 0 Å². The van der Waals surface area contributed by atoms with Crippen molar-refractivity contribution < 1.29 is 9.90 Å². The van der Waals surface area contributed by atoms with Crippen LogP contribution in [0.15, 0.2) is 24.4 Å². The molecule has 2 N–H and O–H groups in total. The summed E-state index contributed by atoms with van der Waals surface area (Å²) >= 11 is 5.74. The Hall–Kier alpha value is -2.21. The van der Waals surface area contributed by atoms with Crippen LogP contribution < -0.4 is 5.32 Å². The minimum Gasteiger partial charge on any atom is -0.476 e.